The number of amides is 1. The minimum Gasteiger partial charge on any atom is -0.483 e. The number of carbonyl (C=O) groups excluding carboxylic acids is 1. The van der Waals surface area contributed by atoms with Crippen LogP contribution in [0.25, 0.3) is 4.96 Å². The highest BCUT2D eigenvalue weighted by molar-refractivity contribution is 7.15. The van der Waals surface area contributed by atoms with Gasteiger partial charge in [-0.1, -0.05) is 23.7 Å². The third-order valence-electron chi connectivity index (χ3n) is 3.33. The molecule has 2 heterocycles. The summed E-state index contributed by atoms with van der Waals surface area (Å²) in [6, 6.07) is 5.84. The van der Waals surface area contributed by atoms with Crippen LogP contribution in [-0.4, -0.2) is 28.1 Å². The van der Waals surface area contributed by atoms with Gasteiger partial charge in [0, 0.05) is 11.6 Å². The summed E-state index contributed by atoms with van der Waals surface area (Å²) in [6.07, 6.45) is 3.30. The number of hydrogen-bond donors (Lipinski definition) is 1. The van der Waals surface area contributed by atoms with Gasteiger partial charge in [-0.3, -0.25) is 9.20 Å². The maximum absolute atomic E-state index is 11.8. The second-order valence-corrected chi connectivity index (χ2v) is 6.43. The Hall–Kier alpha value is -2.38. The quantitative estimate of drug-likeness (QED) is 0.559. The SMILES string of the molecule is Cc1ccc(C)c(OCC(=O)N/N=C\c2c(Cl)nc3sccn23)c1. The van der Waals surface area contributed by atoms with Crippen LogP contribution in [0.2, 0.25) is 5.15 Å². The number of hydrazone groups is 1. The lowest BCUT2D eigenvalue weighted by Crippen LogP contribution is -2.24. The molecule has 0 aliphatic carbocycles. The molecule has 124 valence electrons. The predicted octanol–water partition coefficient (Wildman–Crippen LogP) is 3.20. The Labute approximate surface area is 147 Å². The average Bonchev–Trinajstić information content (AvgIpc) is 3.10. The Morgan fingerprint density at radius 1 is 1.50 bits per heavy atom. The third kappa shape index (κ3) is 3.58. The number of imidazole rings is 1. The molecule has 0 saturated carbocycles. The number of rotatable bonds is 5. The average molecular weight is 363 g/mol. The van der Waals surface area contributed by atoms with Crippen molar-refractivity contribution in [1.29, 1.82) is 0 Å². The van der Waals surface area contributed by atoms with Gasteiger partial charge in [0.2, 0.25) is 0 Å². The number of aryl methyl sites for hydroxylation is 2. The minimum absolute atomic E-state index is 0.115. The molecule has 8 heteroatoms. The number of nitrogens with one attached hydrogen (secondary N) is 1. The Balaban J connectivity index is 1.58. The molecule has 0 bridgehead atoms. The largest absolute Gasteiger partial charge is 0.483 e. The molecule has 0 aliphatic heterocycles. The third-order valence-corrected chi connectivity index (χ3v) is 4.37. The summed E-state index contributed by atoms with van der Waals surface area (Å²) in [5.74, 6) is 0.335. The van der Waals surface area contributed by atoms with Crippen molar-refractivity contribution < 1.29 is 9.53 Å². The number of fused-ring (bicyclic) bond motifs is 1. The van der Waals surface area contributed by atoms with Crippen molar-refractivity contribution in [2.75, 3.05) is 6.61 Å². The molecule has 0 unspecified atom stereocenters. The fourth-order valence-electron chi connectivity index (χ4n) is 2.10. The van der Waals surface area contributed by atoms with E-state index in [1.54, 1.807) is 4.40 Å². The first-order valence-electron chi connectivity index (χ1n) is 7.17. The van der Waals surface area contributed by atoms with Crippen molar-refractivity contribution in [3.63, 3.8) is 0 Å². The molecule has 0 atom stereocenters. The van der Waals surface area contributed by atoms with Crippen LogP contribution in [0.5, 0.6) is 5.75 Å². The summed E-state index contributed by atoms with van der Waals surface area (Å²) in [5, 5.41) is 6.15. The van der Waals surface area contributed by atoms with E-state index >= 15 is 0 Å². The van der Waals surface area contributed by atoms with Crippen LogP contribution in [-0.2, 0) is 4.79 Å². The molecule has 1 N–H and O–H groups in total. The number of benzene rings is 1. The van der Waals surface area contributed by atoms with E-state index in [1.165, 1.54) is 17.6 Å². The lowest BCUT2D eigenvalue weighted by atomic mass is 10.1. The van der Waals surface area contributed by atoms with Gasteiger partial charge in [0.1, 0.15) is 11.4 Å². The first kappa shape index (κ1) is 16.5. The van der Waals surface area contributed by atoms with Gasteiger partial charge in [-0.2, -0.15) is 5.10 Å². The first-order chi connectivity index (χ1) is 11.5. The predicted molar refractivity (Wildman–Crippen MR) is 95.2 cm³/mol. The molecule has 0 fully saturated rings. The topological polar surface area (TPSA) is 68.0 Å². The molecule has 2 aromatic heterocycles. The van der Waals surface area contributed by atoms with Crippen LogP contribution >= 0.6 is 22.9 Å². The summed E-state index contributed by atoms with van der Waals surface area (Å²) in [7, 11) is 0. The van der Waals surface area contributed by atoms with Gasteiger partial charge in [0.05, 0.1) is 6.21 Å². The van der Waals surface area contributed by atoms with Crippen molar-refractivity contribution in [1.82, 2.24) is 14.8 Å². The van der Waals surface area contributed by atoms with Crippen molar-refractivity contribution >= 4 is 40.0 Å². The molecule has 0 saturated heterocycles. The van der Waals surface area contributed by atoms with Crippen LogP contribution < -0.4 is 10.2 Å². The zero-order valence-corrected chi connectivity index (χ0v) is 14.7. The van der Waals surface area contributed by atoms with Gasteiger partial charge in [-0.25, -0.2) is 10.4 Å². The molecular formula is C16H15ClN4O2S. The molecule has 3 aromatic rings. The Kier molecular flexibility index (Phi) is 4.82. The minimum atomic E-state index is -0.352. The Bertz CT molecular complexity index is 916. The highest BCUT2D eigenvalue weighted by Gasteiger charge is 2.09. The maximum atomic E-state index is 11.8. The van der Waals surface area contributed by atoms with E-state index < -0.39 is 0 Å². The van der Waals surface area contributed by atoms with Crippen LogP contribution in [0.3, 0.4) is 0 Å². The number of ether oxygens (including phenoxy) is 1. The van der Waals surface area contributed by atoms with Gasteiger partial charge in [0.15, 0.2) is 16.7 Å². The highest BCUT2D eigenvalue weighted by atomic mass is 35.5. The van der Waals surface area contributed by atoms with Crippen LogP contribution in [0, 0.1) is 13.8 Å². The monoisotopic (exact) mass is 362 g/mol. The molecule has 1 aromatic carbocycles. The normalized spacial score (nSPS) is 11.3. The molecule has 0 radical (unpaired) electrons. The molecule has 24 heavy (non-hydrogen) atoms. The standard InChI is InChI=1S/C16H15ClN4O2S/c1-10-3-4-11(2)13(7-10)23-9-14(22)20-18-8-12-15(17)19-16-21(12)5-6-24-16/h3-8H,9H2,1-2H3,(H,20,22)/b18-8-. The van der Waals surface area contributed by atoms with Gasteiger partial charge >= 0.3 is 0 Å². The van der Waals surface area contributed by atoms with Crippen molar-refractivity contribution in [2.45, 2.75) is 13.8 Å². The molecule has 3 rings (SSSR count). The smallest absolute Gasteiger partial charge is 0.277 e. The number of aromatic nitrogens is 2. The van der Waals surface area contributed by atoms with E-state index in [4.69, 9.17) is 16.3 Å². The Morgan fingerprint density at radius 3 is 3.17 bits per heavy atom. The van der Waals surface area contributed by atoms with E-state index in [9.17, 15) is 4.79 Å². The van der Waals surface area contributed by atoms with Crippen molar-refractivity contribution in [2.24, 2.45) is 5.10 Å². The number of thiazole rings is 1. The lowest BCUT2D eigenvalue weighted by Gasteiger charge is -2.08. The fourth-order valence-corrected chi connectivity index (χ4v) is 3.09. The van der Waals surface area contributed by atoms with E-state index in [0.717, 1.165) is 16.1 Å². The van der Waals surface area contributed by atoms with Gasteiger partial charge in [0.25, 0.3) is 5.91 Å². The number of nitrogens with zero attached hydrogens (tertiary/aromatic N) is 3. The summed E-state index contributed by atoms with van der Waals surface area (Å²) < 4.78 is 7.32. The lowest BCUT2D eigenvalue weighted by molar-refractivity contribution is -0.123. The maximum Gasteiger partial charge on any atom is 0.277 e. The van der Waals surface area contributed by atoms with E-state index in [1.807, 2.05) is 43.6 Å². The van der Waals surface area contributed by atoms with E-state index in [-0.39, 0.29) is 12.5 Å². The molecule has 1 amide bonds. The van der Waals surface area contributed by atoms with Gasteiger partial charge in [-0.15, -0.1) is 11.3 Å². The van der Waals surface area contributed by atoms with Crippen molar-refractivity contribution in [3.05, 3.63) is 51.7 Å². The summed E-state index contributed by atoms with van der Waals surface area (Å²) in [6.45, 7) is 3.78. The molecule has 0 aliphatic rings. The van der Waals surface area contributed by atoms with Crippen molar-refractivity contribution in [3.8, 4) is 5.75 Å². The van der Waals surface area contributed by atoms with Crippen LogP contribution in [0.4, 0.5) is 0 Å². The number of carbonyl (C=O) groups is 1. The van der Waals surface area contributed by atoms with Crippen LogP contribution in [0.1, 0.15) is 16.8 Å². The number of halogens is 1. The molecule has 0 spiro atoms. The zero-order valence-electron chi connectivity index (χ0n) is 13.1. The second-order valence-electron chi connectivity index (χ2n) is 5.19. The molecular weight excluding hydrogens is 348 g/mol. The summed E-state index contributed by atoms with van der Waals surface area (Å²) in [5.41, 5.74) is 5.08. The van der Waals surface area contributed by atoms with E-state index in [2.05, 4.69) is 15.5 Å². The Morgan fingerprint density at radius 2 is 2.33 bits per heavy atom. The fraction of sp³-hybridized carbons (Fsp3) is 0.188. The van der Waals surface area contributed by atoms with E-state index in [0.29, 0.717) is 16.6 Å². The second kappa shape index (κ2) is 7.02. The highest BCUT2D eigenvalue weighted by Crippen LogP contribution is 2.20. The van der Waals surface area contributed by atoms with Gasteiger partial charge in [-0.05, 0) is 31.0 Å². The zero-order chi connectivity index (χ0) is 17.1. The summed E-state index contributed by atoms with van der Waals surface area (Å²) >= 11 is 7.51. The first-order valence-corrected chi connectivity index (χ1v) is 8.43. The molecule has 6 nitrogen and oxygen atoms in total. The summed E-state index contributed by atoms with van der Waals surface area (Å²) in [4.78, 5) is 16.8. The van der Waals surface area contributed by atoms with Crippen LogP contribution in [0.15, 0.2) is 34.9 Å². The number of hydrogen-bond acceptors (Lipinski definition) is 5. The van der Waals surface area contributed by atoms with Gasteiger partial charge < -0.3 is 4.74 Å².